The van der Waals surface area contributed by atoms with Gasteiger partial charge in [-0.25, -0.2) is 13.1 Å². The van der Waals surface area contributed by atoms with E-state index in [9.17, 15) is 8.42 Å². The van der Waals surface area contributed by atoms with Gasteiger partial charge in [0, 0.05) is 11.9 Å². The van der Waals surface area contributed by atoms with Crippen molar-refractivity contribution in [1.29, 1.82) is 0 Å². The molecule has 19 heavy (non-hydrogen) atoms. The highest BCUT2D eigenvalue weighted by Gasteiger charge is 2.30. The quantitative estimate of drug-likeness (QED) is 0.788. The molecule has 0 bridgehead atoms. The minimum atomic E-state index is -3.69. The van der Waals surface area contributed by atoms with Crippen molar-refractivity contribution in [3.8, 4) is 0 Å². The largest absolute Gasteiger partial charge is 0.243 e. The van der Waals surface area contributed by atoms with Crippen LogP contribution in [0.1, 0.15) is 27.2 Å². The predicted molar refractivity (Wildman–Crippen MR) is 83.2 cm³/mol. The molecular formula is C11H16Cl3NO2S2. The third-order valence-electron chi connectivity index (χ3n) is 2.66. The molecule has 0 saturated carbocycles. The SMILES string of the molecule is CC(C)(C)C(CCCl)NS(=O)(=O)c1cc(Cl)sc1Cl. The van der Waals surface area contributed by atoms with Crippen molar-refractivity contribution < 1.29 is 8.42 Å². The predicted octanol–water partition coefficient (Wildman–Crippen LogP) is 4.38. The first-order valence-electron chi connectivity index (χ1n) is 5.61. The lowest BCUT2D eigenvalue weighted by molar-refractivity contribution is 0.292. The van der Waals surface area contributed by atoms with Crippen molar-refractivity contribution in [3.05, 3.63) is 14.7 Å². The number of rotatable bonds is 5. The van der Waals surface area contributed by atoms with Crippen LogP contribution in [0.4, 0.5) is 0 Å². The lowest BCUT2D eigenvalue weighted by Gasteiger charge is -2.30. The summed E-state index contributed by atoms with van der Waals surface area (Å²) in [5.74, 6) is 0.378. The summed E-state index contributed by atoms with van der Waals surface area (Å²) in [6, 6.07) is 1.09. The molecule has 0 radical (unpaired) electrons. The van der Waals surface area contributed by atoms with Crippen LogP contribution in [0.5, 0.6) is 0 Å². The summed E-state index contributed by atoms with van der Waals surface area (Å²) in [5, 5.41) is 0. The fourth-order valence-corrected chi connectivity index (χ4v) is 5.38. The van der Waals surface area contributed by atoms with Crippen LogP contribution in [0.25, 0.3) is 0 Å². The molecule has 0 aromatic carbocycles. The first-order chi connectivity index (χ1) is 8.58. The molecule has 0 spiro atoms. The van der Waals surface area contributed by atoms with E-state index in [1.165, 1.54) is 6.07 Å². The van der Waals surface area contributed by atoms with Crippen molar-refractivity contribution in [1.82, 2.24) is 4.72 Å². The number of hydrogen-bond acceptors (Lipinski definition) is 3. The fourth-order valence-electron chi connectivity index (χ4n) is 1.54. The Labute approximate surface area is 133 Å². The highest BCUT2D eigenvalue weighted by molar-refractivity contribution is 7.89. The van der Waals surface area contributed by atoms with E-state index in [4.69, 9.17) is 34.8 Å². The van der Waals surface area contributed by atoms with E-state index < -0.39 is 10.0 Å². The Morgan fingerprint density at radius 3 is 2.32 bits per heavy atom. The second-order valence-corrected chi connectivity index (χ2v) is 9.55. The highest BCUT2D eigenvalue weighted by atomic mass is 35.5. The molecule has 0 saturated heterocycles. The molecular weight excluding hydrogens is 349 g/mol. The van der Waals surface area contributed by atoms with Crippen LogP contribution < -0.4 is 4.72 Å². The highest BCUT2D eigenvalue weighted by Crippen LogP contribution is 2.35. The topological polar surface area (TPSA) is 46.2 Å². The maximum absolute atomic E-state index is 12.3. The van der Waals surface area contributed by atoms with Gasteiger partial charge in [0.2, 0.25) is 10.0 Å². The van der Waals surface area contributed by atoms with E-state index in [1.807, 2.05) is 20.8 Å². The number of nitrogens with one attached hydrogen (secondary N) is 1. The first kappa shape index (κ1) is 17.5. The average molecular weight is 365 g/mol. The number of alkyl halides is 1. The maximum atomic E-state index is 12.3. The van der Waals surface area contributed by atoms with Gasteiger partial charge in [-0.2, -0.15) is 0 Å². The zero-order valence-corrected chi connectivity index (χ0v) is 14.7. The molecule has 1 unspecified atom stereocenters. The van der Waals surface area contributed by atoms with Gasteiger partial charge in [-0.3, -0.25) is 0 Å². The van der Waals surface area contributed by atoms with Crippen molar-refractivity contribution in [2.75, 3.05) is 5.88 Å². The summed E-state index contributed by atoms with van der Waals surface area (Å²) in [6.07, 6.45) is 0.541. The van der Waals surface area contributed by atoms with E-state index in [-0.39, 0.29) is 20.7 Å². The molecule has 110 valence electrons. The number of hydrogen-bond donors (Lipinski definition) is 1. The number of halogens is 3. The van der Waals surface area contributed by atoms with Gasteiger partial charge in [0.05, 0.1) is 4.34 Å². The molecule has 8 heteroatoms. The van der Waals surface area contributed by atoms with Gasteiger partial charge in [-0.15, -0.1) is 22.9 Å². The Balaban J connectivity index is 3.04. The second kappa shape index (κ2) is 6.50. The minimum Gasteiger partial charge on any atom is -0.207 e. The van der Waals surface area contributed by atoms with Crippen LogP contribution in [-0.4, -0.2) is 20.3 Å². The molecule has 1 heterocycles. The van der Waals surface area contributed by atoms with Crippen LogP contribution in [0.3, 0.4) is 0 Å². The normalized spacial score (nSPS) is 14.6. The maximum Gasteiger partial charge on any atom is 0.243 e. The first-order valence-corrected chi connectivity index (χ1v) is 9.20. The van der Waals surface area contributed by atoms with Crippen molar-refractivity contribution in [2.45, 2.75) is 38.1 Å². The minimum absolute atomic E-state index is 0.0213. The molecule has 1 rings (SSSR count). The van der Waals surface area contributed by atoms with E-state index in [0.29, 0.717) is 16.6 Å². The van der Waals surface area contributed by atoms with Crippen LogP contribution in [0, 0.1) is 5.41 Å². The summed E-state index contributed by atoms with van der Waals surface area (Å²) >= 11 is 18.4. The molecule has 0 amide bonds. The van der Waals surface area contributed by atoms with Gasteiger partial charge < -0.3 is 0 Å². The molecule has 1 atom stereocenters. The summed E-state index contributed by atoms with van der Waals surface area (Å²) in [5.41, 5.74) is -0.242. The monoisotopic (exact) mass is 363 g/mol. The molecule has 1 N–H and O–H groups in total. The van der Waals surface area contributed by atoms with Gasteiger partial charge in [0.15, 0.2) is 0 Å². The van der Waals surface area contributed by atoms with Gasteiger partial charge in [0.1, 0.15) is 9.23 Å². The molecule has 0 aliphatic carbocycles. The molecule has 1 aromatic rings. The Morgan fingerprint density at radius 2 is 1.95 bits per heavy atom. The van der Waals surface area contributed by atoms with E-state index >= 15 is 0 Å². The Kier molecular flexibility index (Phi) is 6.00. The summed E-state index contributed by atoms with van der Waals surface area (Å²) in [6.45, 7) is 5.86. The summed E-state index contributed by atoms with van der Waals surface area (Å²) in [4.78, 5) is 0.0213. The van der Waals surface area contributed by atoms with Gasteiger partial charge in [-0.1, -0.05) is 44.0 Å². The average Bonchev–Trinajstić information content (AvgIpc) is 2.56. The van der Waals surface area contributed by atoms with Crippen molar-refractivity contribution in [2.24, 2.45) is 5.41 Å². The van der Waals surface area contributed by atoms with E-state index in [0.717, 1.165) is 11.3 Å². The van der Waals surface area contributed by atoms with E-state index in [1.54, 1.807) is 0 Å². The van der Waals surface area contributed by atoms with Gasteiger partial charge in [0.25, 0.3) is 0 Å². The Hall–Kier alpha value is 0.480. The molecule has 0 fully saturated rings. The Morgan fingerprint density at radius 1 is 1.37 bits per heavy atom. The van der Waals surface area contributed by atoms with Crippen LogP contribution in [-0.2, 0) is 10.0 Å². The van der Waals surface area contributed by atoms with Crippen LogP contribution in [0.2, 0.25) is 8.67 Å². The molecule has 1 aromatic heterocycles. The summed E-state index contributed by atoms with van der Waals surface area (Å²) < 4.78 is 27.8. The third-order valence-corrected chi connectivity index (χ3v) is 6.10. The van der Waals surface area contributed by atoms with Gasteiger partial charge in [-0.05, 0) is 17.9 Å². The van der Waals surface area contributed by atoms with Crippen molar-refractivity contribution in [3.63, 3.8) is 0 Å². The molecule has 0 aliphatic heterocycles. The number of thiophene rings is 1. The zero-order chi connectivity index (χ0) is 14.8. The zero-order valence-electron chi connectivity index (χ0n) is 10.8. The lowest BCUT2D eigenvalue weighted by atomic mass is 9.86. The standard InChI is InChI=1S/C11H16Cl3NO2S2/c1-11(2,3)8(4-5-12)15-19(16,17)7-6-9(13)18-10(7)14/h6,8,15H,4-5H2,1-3H3. The second-order valence-electron chi connectivity index (χ2n) is 5.21. The molecule has 3 nitrogen and oxygen atoms in total. The van der Waals surface area contributed by atoms with Gasteiger partial charge >= 0.3 is 0 Å². The van der Waals surface area contributed by atoms with Crippen LogP contribution >= 0.6 is 46.1 Å². The fraction of sp³-hybridized carbons (Fsp3) is 0.636. The number of sulfonamides is 1. The van der Waals surface area contributed by atoms with Crippen molar-refractivity contribution >= 4 is 56.2 Å². The van der Waals surface area contributed by atoms with E-state index in [2.05, 4.69) is 4.72 Å². The smallest absolute Gasteiger partial charge is 0.207 e. The third kappa shape index (κ3) is 4.76. The molecule has 0 aliphatic rings. The summed E-state index contributed by atoms with van der Waals surface area (Å²) in [7, 11) is -3.69. The lowest BCUT2D eigenvalue weighted by Crippen LogP contribution is -2.43. The Bertz CT molecular complexity index is 535. The van der Waals surface area contributed by atoms with Crippen LogP contribution in [0.15, 0.2) is 11.0 Å².